The molecule has 0 aliphatic rings. The Kier molecular flexibility index (Phi) is 2.85. The smallest absolute Gasteiger partial charge is 0.0337 e. The molecule has 0 nitrogen and oxygen atoms in total. The number of terminal acetylenes is 1. The fraction of sp³-hybridized carbons (Fsp3) is 0.0667. The maximum Gasteiger partial charge on any atom is 0.0337 e. The van der Waals surface area contributed by atoms with Crippen LogP contribution in [0.3, 0.4) is 0 Å². The molecule has 0 aliphatic heterocycles. The molecule has 0 amide bonds. The third-order valence-electron chi connectivity index (χ3n) is 2.37. The molecule has 0 bridgehead atoms. The van der Waals surface area contributed by atoms with Gasteiger partial charge in [-0.05, 0) is 16.7 Å². The van der Waals surface area contributed by atoms with Crippen molar-refractivity contribution in [3.63, 3.8) is 0 Å². The normalized spacial score (nSPS) is 9.53. The summed E-state index contributed by atoms with van der Waals surface area (Å²) in [7, 11) is 0. The third kappa shape index (κ3) is 2.27. The molecular formula is C15H12. The van der Waals surface area contributed by atoms with Gasteiger partial charge in [0, 0.05) is 6.42 Å². The molecule has 0 unspecified atom stereocenters. The minimum absolute atomic E-state index is 0.703. The van der Waals surface area contributed by atoms with E-state index in [1.54, 1.807) is 0 Å². The molecule has 0 fully saturated rings. The lowest BCUT2D eigenvalue weighted by molar-refractivity contribution is 1.32. The molecular weight excluding hydrogens is 180 g/mol. The van der Waals surface area contributed by atoms with E-state index in [2.05, 4.69) is 42.3 Å². The van der Waals surface area contributed by atoms with Crippen LogP contribution in [0.15, 0.2) is 54.6 Å². The first-order valence-electron chi connectivity index (χ1n) is 4.98. The summed E-state index contributed by atoms with van der Waals surface area (Å²) in [6.07, 6.45) is 5.96. The van der Waals surface area contributed by atoms with E-state index in [-0.39, 0.29) is 0 Å². The molecule has 0 aromatic heterocycles. The second kappa shape index (κ2) is 4.48. The van der Waals surface area contributed by atoms with Crippen molar-refractivity contribution in [3.05, 3.63) is 60.2 Å². The number of rotatable bonds is 2. The van der Waals surface area contributed by atoms with Crippen LogP contribution in [-0.2, 0) is 6.42 Å². The molecule has 0 saturated heterocycles. The SMILES string of the molecule is C#CCc1ccc(-c2ccccc2)cc1. The topological polar surface area (TPSA) is 0 Å². The highest BCUT2D eigenvalue weighted by Crippen LogP contribution is 2.19. The minimum Gasteiger partial charge on any atom is -0.120 e. The summed E-state index contributed by atoms with van der Waals surface area (Å²) in [6.45, 7) is 0. The maximum absolute atomic E-state index is 5.26. The van der Waals surface area contributed by atoms with Crippen molar-refractivity contribution < 1.29 is 0 Å². The lowest BCUT2D eigenvalue weighted by Crippen LogP contribution is -1.81. The van der Waals surface area contributed by atoms with Crippen LogP contribution in [0.2, 0.25) is 0 Å². The summed E-state index contributed by atoms with van der Waals surface area (Å²) in [5, 5.41) is 0. The Labute approximate surface area is 90.6 Å². The lowest BCUT2D eigenvalue weighted by Gasteiger charge is -2.02. The van der Waals surface area contributed by atoms with Gasteiger partial charge < -0.3 is 0 Å². The predicted molar refractivity (Wildman–Crippen MR) is 64.4 cm³/mol. The van der Waals surface area contributed by atoms with Gasteiger partial charge in [-0.3, -0.25) is 0 Å². The number of hydrogen-bond acceptors (Lipinski definition) is 0. The second-order valence-electron chi connectivity index (χ2n) is 3.44. The largest absolute Gasteiger partial charge is 0.120 e. The molecule has 0 N–H and O–H groups in total. The number of benzene rings is 2. The Balaban J connectivity index is 2.29. The van der Waals surface area contributed by atoms with E-state index in [0.29, 0.717) is 6.42 Å². The zero-order chi connectivity index (χ0) is 10.5. The maximum atomic E-state index is 5.26. The van der Waals surface area contributed by atoms with Crippen molar-refractivity contribution in [2.24, 2.45) is 0 Å². The molecule has 0 heterocycles. The molecule has 0 saturated carbocycles. The van der Waals surface area contributed by atoms with Crippen LogP contribution in [-0.4, -0.2) is 0 Å². The molecule has 0 radical (unpaired) electrons. The van der Waals surface area contributed by atoms with Gasteiger partial charge in [-0.1, -0.05) is 54.6 Å². The van der Waals surface area contributed by atoms with E-state index >= 15 is 0 Å². The lowest BCUT2D eigenvalue weighted by atomic mass is 10.0. The highest BCUT2D eigenvalue weighted by molar-refractivity contribution is 5.63. The van der Waals surface area contributed by atoms with E-state index < -0.39 is 0 Å². The summed E-state index contributed by atoms with van der Waals surface area (Å²) in [4.78, 5) is 0. The van der Waals surface area contributed by atoms with Gasteiger partial charge in [0.15, 0.2) is 0 Å². The Morgan fingerprint density at radius 2 is 1.40 bits per heavy atom. The summed E-state index contributed by atoms with van der Waals surface area (Å²) < 4.78 is 0. The summed E-state index contributed by atoms with van der Waals surface area (Å²) in [6, 6.07) is 18.7. The van der Waals surface area contributed by atoms with Crippen molar-refractivity contribution in [2.45, 2.75) is 6.42 Å². The first-order valence-corrected chi connectivity index (χ1v) is 4.98. The molecule has 2 aromatic rings. The standard InChI is InChI=1S/C15H12/c1-2-6-13-9-11-15(12-10-13)14-7-4-3-5-8-14/h1,3-5,7-12H,6H2. The fourth-order valence-electron chi connectivity index (χ4n) is 1.56. The average Bonchev–Trinajstić information content (AvgIpc) is 2.32. The summed E-state index contributed by atoms with van der Waals surface area (Å²) in [5.74, 6) is 2.64. The molecule has 0 spiro atoms. The van der Waals surface area contributed by atoms with Crippen LogP contribution in [0, 0.1) is 12.3 Å². The summed E-state index contributed by atoms with van der Waals surface area (Å²) >= 11 is 0. The quantitative estimate of drug-likeness (QED) is 0.638. The van der Waals surface area contributed by atoms with Gasteiger partial charge in [0.05, 0.1) is 0 Å². The van der Waals surface area contributed by atoms with Crippen molar-refractivity contribution >= 4 is 0 Å². The van der Waals surface area contributed by atoms with Crippen LogP contribution in [0.25, 0.3) is 11.1 Å². The Bertz CT molecular complexity index is 458. The highest BCUT2D eigenvalue weighted by atomic mass is 14.0. The molecule has 2 rings (SSSR count). The van der Waals surface area contributed by atoms with Gasteiger partial charge in [0.2, 0.25) is 0 Å². The van der Waals surface area contributed by atoms with Crippen molar-refractivity contribution in [2.75, 3.05) is 0 Å². The van der Waals surface area contributed by atoms with E-state index in [1.807, 2.05) is 18.2 Å². The molecule has 15 heavy (non-hydrogen) atoms. The van der Waals surface area contributed by atoms with Crippen LogP contribution in [0.1, 0.15) is 5.56 Å². The van der Waals surface area contributed by atoms with Crippen LogP contribution < -0.4 is 0 Å². The van der Waals surface area contributed by atoms with Crippen molar-refractivity contribution in [3.8, 4) is 23.5 Å². The first-order chi connectivity index (χ1) is 7.40. The molecule has 0 heteroatoms. The van der Waals surface area contributed by atoms with Gasteiger partial charge >= 0.3 is 0 Å². The fourth-order valence-corrected chi connectivity index (χ4v) is 1.56. The average molecular weight is 192 g/mol. The highest BCUT2D eigenvalue weighted by Gasteiger charge is 1.95. The van der Waals surface area contributed by atoms with Crippen molar-refractivity contribution in [1.82, 2.24) is 0 Å². The van der Waals surface area contributed by atoms with Gasteiger partial charge in [0.25, 0.3) is 0 Å². The predicted octanol–water partition coefficient (Wildman–Crippen LogP) is 3.53. The van der Waals surface area contributed by atoms with Crippen molar-refractivity contribution in [1.29, 1.82) is 0 Å². The summed E-state index contributed by atoms with van der Waals surface area (Å²) in [5.41, 5.74) is 3.67. The molecule has 2 aromatic carbocycles. The van der Waals surface area contributed by atoms with E-state index in [9.17, 15) is 0 Å². The minimum atomic E-state index is 0.703. The van der Waals surface area contributed by atoms with Gasteiger partial charge in [-0.15, -0.1) is 12.3 Å². The van der Waals surface area contributed by atoms with E-state index in [4.69, 9.17) is 6.42 Å². The molecule has 0 aliphatic carbocycles. The second-order valence-corrected chi connectivity index (χ2v) is 3.44. The number of hydrogen-bond donors (Lipinski definition) is 0. The zero-order valence-corrected chi connectivity index (χ0v) is 8.48. The molecule has 0 atom stereocenters. The van der Waals surface area contributed by atoms with Gasteiger partial charge in [0.1, 0.15) is 0 Å². The van der Waals surface area contributed by atoms with Gasteiger partial charge in [-0.25, -0.2) is 0 Å². The van der Waals surface area contributed by atoms with Crippen LogP contribution in [0.4, 0.5) is 0 Å². The van der Waals surface area contributed by atoms with Crippen LogP contribution >= 0.6 is 0 Å². The van der Waals surface area contributed by atoms with E-state index in [0.717, 1.165) is 0 Å². The first kappa shape index (κ1) is 9.55. The Hall–Kier alpha value is -2.00. The van der Waals surface area contributed by atoms with Crippen LogP contribution in [0.5, 0.6) is 0 Å². The van der Waals surface area contributed by atoms with E-state index in [1.165, 1.54) is 16.7 Å². The van der Waals surface area contributed by atoms with Gasteiger partial charge in [-0.2, -0.15) is 0 Å². The molecule has 72 valence electrons. The Morgan fingerprint density at radius 1 is 0.800 bits per heavy atom. The Morgan fingerprint density at radius 3 is 2.00 bits per heavy atom. The third-order valence-corrected chi connectivity index (χ3v) is 2.37. The zero-order valence-electron chi connectivity index (χ0n) is 8.48. The monoisotopic (exact) mass is 192 g/mol.